The van der Waals surface area contributed by atoms with Gasteiger partial charge < -0.3 is 5.73 Å². The lowest BCUT2D eigenvalue weighted by Crippen LogP contribution is -2.09. The van der Waals surface area contributed by atoms with Crippen molar-refractivity contribution in [1.82, 2.24) is 9.97 Å². The minimum absolute atomic E-state index is 0.137. The van der Waals surface area contributed by atoms with Gasteiger partial charge in [-0.05, 0) is 17.5 Å². The molecule has 3 aromatic rings. The Morgan fingerprint density at radius 2 is 1.31 bits per heavy atom. The van der Waals surface area contributed by atoms with E-state index in [4.69, 9.17) is 5.73 Å². The van der Waals surface area contributed by atoms with Crippen LogP contribution in [0, 0.1) is 0 Å². The van der Waals surface area contributed by atoms with Gasteiger partial charge in [0.05, 0.1) is 0 Å². The highest BCUT2D eigenvalue weighted by atomic mass is 15.0. The molecule has 2 unspecified atom stereocenters. The van der Waals surface area contributed by atoms with Crippen LogP contribution in [0.4, 0.5) is 17.3 Å². The zero-order valence-electron chi connectivity index (χ0n) is 14.2. The summed E-state index contributed by atoms with van der Waals surface area (Å²) in [7, 11) is 0. The van der Waals surface area contributed by atoms with Crippen molar-refractivity contribution in [1.29, 1.82) is 0 Å². The molecule has 0 fully saturated rings. The maximum absolute atomic E-state index is 6.00. The number of hydrogen-bond acceptors (Lipinski definition) is 5. The molecule has 1 aliphatic rings. The Morgan fingerprint density at radius 1 is 0.731 bits per heavy atom. The molecule has 0 aliphatic carbocycles. The van der Waals surface area contributed by atoms with Gasteiger partial charge in [0.2, 0.25) is 0 Å². The third-order valence-electron chi connectivity index (χ3n) is 4.55. The summed E-state index contributed by atoms with van der Waals surface area (Å²) in [5.41, 5.74) is 8.96. The van der Waals surface area contributed by atoms with Gasteiger partial charge in [-0.3, -0.25) is 4.99 Å². The highest BCUT2D eigenvalue weighted by Crippen LogP contribution is 2.35. The van der Waals surface area contributed by atoms with E-state index in [-0.39, 0.29) is 11.8 Å². The number of aliphatic imine (C=N–C) groups is 2. The molecule has 0 amide bonds. The first-order valence-electron chi connectivity index (χ1n) is 8.60. The largest absolute Gasteiger partial charge is 0.382 e. The molecule has 0 spiro atoms. The van der Waals surface area contributed by atoms with Crippen LogP contribution in [0.5, 0.6) is 0 Å². The van der Waals surface area contributed by atoms with E-state index in [1.54, 1.807) is 0 Å². The maximum Gasteiger partial charge on any atom is 0.183 e. The highest BCUT2D eigenvalue weighted by Gasteiger charge is 2.20. The standard InChI is InChI=1S/C21H19N5/c22-20-19-21(26-14-25-20)24-13-18(16-9-5-2-6-10-16)11-17(12-23-19)15-7-3-1-4-8-15/h1-10,12-14,17-18H,11H2,(H2,22,25,26). The predicted octanol–water partition coefficient (Wildman–Crippen LogP) is 4.43. The molecule has 2 aromatic carbocycles. The molecule has 128 valence electrons. The van der Waals surface area contributed by atoms with E-state index in [1.807, 2.05) is 36.7 Å². The summed E-state index contributed by atoms with van der Waals surface area (Å²) in [4.78, 5) is 17.5. The molecule has 0 bridgehead atoms. The molecule has 5 heteroatoms. The Kier molecular flexibility index (Phi) is 4.51. The van der Waals surface area contributed by atoms with Crippen LogP contribution < -0.4 is 5.73 Å². The summed E-state index contributed by atoms with van der Waals surface area (Å²) < 4.78 is 0. The van der Waals surface area contributed by atoms with Gasteiger partial charge in [0.1, 0.15) is 12.0 Å². The Hall–Kier alpha value is -3.34. The van der Waals surface area contributed by atoms with Crippen molar-refractivity contribution >= 4 is 29.8 Å². The molecule has 2 N–H and O–H groups in total. The van der Waals surface area contributed by atoms with Crippen molar-refractivity contribution in [2.45, 2.75) is 18.3 Å². The number of nitrogens with zero attached hydrogens (tertiary/aromatic N) is 4. The molecule has 4 rings (SSSR count). The summed E-state index contributed by atoms with van der Waals surface area (Å²) in [6, 6.07) is 20.7. The van der Waals surface area contributed by atoms with Crippen molar-refractivity contribution in [3.05, 3.63) is 78.1 Å². The van der Waals surface area contributed by atoms with Gasteiger partial charge in [0.25, 0.3) is 0 Å². The SMILES string of the molecule is Nc1ncnc2c1N=CC(c1ccccc1)CC(c1ccccc1)C=N2. The molecule has 0 radical (unpaired) electrons. The Labute approximate surface area is 152 Å². The number of benzene rings is 2. The fourth-order valence-corrected chi connectivity index (χ4v) is 3.17. The van der Waals surface area contributed by atoms with Gasteiger partial charge in [0.15, 0.2) is 11.6 Å². The van der Waals surface area contributed by atoms with Crippen LogP contribution in [0.2, 0.25) is 0 Å². The zero-order valence-corrected chi connectivity index (χ0v) is 14.2. The van der Waals surface area contributed by atoms with E-state index in [9.17, 15) is 0 Å². The quantitative estimate of drug-likeness (QED) is 0.749. The fourth-order valence-electron chi connectivity index (χ4n) is 3.17. The summed E-state index contributed by atoms with van der Waals surface area (Å²) in [6.07, 6.45) is 6.18. The number of nitrogens with two attached hydrogens (primary N) is 1. The van der Waals surface area contributed by atoms with E-state index in [0.29, 0.717) is 17.3 Å². The number of fused-ring (bicyclic) bond motifs is 1. The summed E-state index contributed by atoms with van der Waals surface area (Å²) in [5, 5.41) is 0. The van der Waals surface area contributed by atoms with Crippen LogP contribution in [0.3, 0.4) is 0 Å². The molecule has 0 saturated heterocycles. The second kappa shape index (κ2) is 7.27. The van der Waals surface area contributed by atoms with Crippen molar-refractivity contribution in [2.24, 2.45) is 9.98 Å². The maximum atomic E-state index is 6.00. The molecular weight excluding hydrogens is 322 g/mol. The first-order chi connectivity index (χ1) is 12.8. The van der Waals surface area contributed by atoms with Gasteiger partial charge >= 0.3 is 0 Å². The smallest absolute Gasteiger partial charge is 0.183 e. The van der Waals surface area contributed by atoms with Crippen molar-refractivity contribution < 1.29 is 0 Å². The van der Waals surface area contributed by atoms with Crippen molar-refractivity contribution in [3.8, 4) is 0 Å². The molecule has 26 heavy (non-hydrogen) atoms. The third-order valence-corrected chi connectivity index (χ3v) is 4.55. The molecular formula is C21H19N5. The van der Waals surface area contributed by atoms with Crippen LogP contribution in [-0.2, 0) is 0 Å². The lowest BCUT2D eigenvalue weighted by atomic mass is 9.86. The number of rotatable bonds is 2. The van der Waals surface area contributed by atoms with Crippen LogP contribution in [0.1, 0.15) is 29.4 Å². The van der Waals surface area contributed by atoms with E-state index in [0.717, 1.165) is 6.42 Å². The number of hydrogen-bond donors (Lipinski definition) is 1. The summed E-state index contributed by atoms with van der Waals surface area (Å²) >= 11 is 0. The predicted molar refractivity (Wildman–Crippen MR) is 106 cm³/mol. The third kappa shape index (κ3) is 3.37. The van der Waals surface area contributed by atoms with Gasteiger partial charge in [-0.2, -0.15) is 0 Å². The topological polar surface area (TPSA) is 76.5 Å². The Morgan fingerprint density at radius 3 is 1.92 bits per heavy atom. The molecule has 2 heterocycles. The Bertz CT molecular complexity index is 935. The fraction of sp³-hybridized carbons (Fsp3) is 0.143. The van der Waals surface area contributed by atoms with E-state index < -0.39 is 0 Å². The molecule has 0 saturated carbocycles. The first kappa shape index (κ1) is 16.1. The first-order valence-corrected chi connectivity index (χ1v) is 8.60. The lowest BCUT2D eigenvalue weighted by molar-refractivity contribution is 0.739. The second-order valence-corrected chi connectivity index (χ2v) is 6.26. The number of anilines is 1. The van der Waals surface area contributed by atoms with Crippen LogP contribution in [0.25, 0.3) is 0 Å². The van der Waals surface area contributed by atoms with Gasteiger partial charge in [-0.1, -0.05) is 60.7 Å². The van der Waals surface area contributed by atoms with E-state index in [2.05, 4.69) is 56.4 Å². The van der Waals surface area contributed by atoms with Crippen molar-refractivity contribution in [2.75, 3.05) is 5.73 Å². The minimum atomic E-state index is 0.137. The van der Waals surface area contributed by atoms with Gasteiger partial charge in [-0.15, -0.1) is 0 Å². The molecule has 1 aromatic heterocycles. The van der Waals surface area contributed by atoms with Crippen LogP contribution in [0.15, 0.2) is 77.0 Å². The highest BCUT2D eigenvalue weighted by molar-refractivity contribution is 5.83. The normalized spacial score (nSPS) is 19.2. The minimum Gasteiger partial charge on any atom is -0.382 e. The molecule has 2 atom stereocenters. The Balaban J connectivity index is 1.82. The zero-order chi connectivity index (χ0) is 17.8. The van der Waals surface area contributed by atoms with Gasteiger partial charge in [0, 0.05) is 24.3 Å². The van der Waals surface area contributed by atoms with E-state index in [1.165, 1.54) is 17.5 Å². The molecule has 5 nitrogen and oxygen atoms in total. The average molecular weight is 341 g/mol. The van der Waals surface area contributed by atoms with Crippen LogP contribution in [-0.4, -0.2) is 22.4 Å². The van der Waals surface area contributed by atoms with Crippen molar-refractivity contribution in [3.63, 3.8) is 0 Å². The summed E-state index contributed by atoms with van der Waals surface area (Å²) in [5.74, 6) is 1.13. The number of nitrogen functional groups attached to an aromatic ring is 1. The van der Waals surface area contributed by atoms with E-state index >= 15 is 0 Å². The molecule has 1 aliphatic heterocycles. The monoisotopic (exact) mass is 341 g/mol. The number of aromatic nitrogens is 2. The lowest BCUT2D eigenvalue weighted by Gasteiger charge is -2.18. The van der Waals surface area contributed by atoms with Crippen LogP contribution >= 0.6 is 0 Å². The summed E-state index contributed by atoms with van der Waals surface area (Å²) in [6.45, 7) is 0. The average Bonchev–Trinajstić information content (AvgIpc) is 2.79. The van der Waals surface area contributed by atoms with Gasteiger partial charge in [-0.25, -0.2) is 15.0 Å². The second-order valence-electron chi connectivity index (χ2n) is 6.26.